The van der Waals surface area contributed by atoms with Crippen LogP contribution in [0.4, 0.5) is 5.69 Å². The highest BCUT2D eigenvalue weighted by Crippen LogP contribution is 2.19. The molecule has 1 amide bonds. The van der Waals surface area contributed by atoms with E-state index in [2.05, 4.69) is 0 Å². The van der Waals surface area contributed by atoms with E-state index in [0.717, 1.165) is 5.56 Å². The Morgan fingerprint density at radius 2 is 1.70 bits per heavy atom. The molecule has 0 unspecified atom stereocenters. The maximum atomic E-state index is 12.5. The molecular formula is C16H12N2OS. The number of anilines is 1. The number of carbonyl (C=O) groups is 1. The third kappa shape index (κ3) is 2.90. The number of hydrogen-bond donors (Lipinski definition) is 0. The molecule has 98 valence electrons. The van der Waals surface area contributed by atoms with Crippen LogP contribution in [0, 0.1) is 18.3 Å². The van der Waals surface area contributed by atoms with E-state index in [0.29, 0.717) is 11.3 Å². The molecular weight excluding hydrogens is 268 g/mol. The number of hydrogen-bond acceptors (Lipinski definition) is 3. The zero-order valence-electron chi connectivity index (χ0n) is 10.9. The van der Waals surface area contributed by atoms with Crippen molar-refractivity contribution < 1.29 is 4.79 Å². The van der Waals surface area contributed by atoms with Crippen LogP contribution in [0.1, 0.15) is 15.9 Å². The summed E-state index contributed by atoms with van der Waals surface area (Å²) in [6.45, 7) is 1.95. The van der Waals surface area contributed by atoms with Gasteiger partial charge in [0.2, 0.25) is 0 Å². The quantitative estimate of drug-likeness (QED) is 0.791. The van der Waals surface area contributed by atoms with Gasteiger partial charge in [-0.05, 0) is 43.4 Å². The lowest BCUT2D eigenvalue weighted by Gasteiger charge is -2.20. The van der Waals surface area contributed by atoms with Crippen LogP contribution >= 0.6 is 12.2 Å². The lowest BCUT2D eigenvalue weighted by atomic mass is 10.1. The van der Waals surface area contributed by atoms with E-state index in [-0.39, 0.29) is 10.9 Å². The highest BCUT2D eigenvalue weighted by atomic mass is 32.1. The van der Waals surface area contributed by atoms with Crippen molar-refractivity contribution in [1.29, 1.82) is 5.26 Å². The summed E-state index contributed by atoms with van der Waals surface area (Å²) in [5.41, 5.74) is 2.16. The second kappa shape index (κ2) is 6.09. The molecule has 0 N–H and O–H groups in total. The van der Waals surface area contributed by atoms with Gasteiger partial charge in [0.1, 0.15) is 6.07 Å². The lowest BCUT2D eigenvalue weighted by Crippen LogP contribution is -2.34. The Morgan fingerprint density at radius 3 is 2.25 bits per heavy atom. The smallest absolute Gasteiger partial charge is 0.264 e. The van der Waals surface area contributed by atoms with E-state index in [9.17, 15) is 4.79 Å². The van der Waals surface area contributed by atoms with Crippen LogP contribution in [0.3, 0.4) is 0 Å². The minimum atomic E-state index is -0.305. The Bertz CT molecular complexity index is 672. The van der Waals surface area contributed by atoms with Crippen LogP contribution in [0.2, 0.25) is 0 Å². The molecule has 0 aromatic heterocycles. The molecule has 0 aliphatic rings. The van der Waals surface area contributed by atoms with Gasteiger partial charge in [0.15, 0.2) is 4.99 Å². The Hall–Kier alpha value is -2.51. The maximum absolute atomic E-state index is 12.5. The van der Waals surface area contributed by atoms with Crippen LogP contribution in [0.5, 0.6) is 0 Å². The minimum absolute atomic E-state index is 0.0669. The highest BCUT2D eigenvalue weighted by Gasteiger charge is 2.21. The number of rotatable bonds is 2. The Labute approximate surface area is 123 Å². The van der Waals surface area contributed by atoms with Gasteiger partial charge < -0.3 is 0 Å². The monoisotopic (exact) mass is 280 g/mol. The molecule has 20 heavy (non-hydrogen) atoms. The Kier molecular flexibility index (Phi) is 4.24. The summed E-state index contributed by atoms with van der Waals surface area (Å²) in [6.07, 6.45) is 0. The molecule has 0 radical (unpaired) electrons. The first-order valence-electron chi connectivity index (χ1n) is 6.03. The standard InChI is InChI=1S/C16H12N2OS/c1-12-7-9-14(10-8-12)18(15(20)11-17)16(19)13-5-3-2-4-6-13/h2-10H,1H3. The van der Waals surface area contributed by atoms with Gasteiger partial charge >= 0.3 is 0 Å². The summed E-state index contributed by atoms with van der Waals surface area (Å²) >= 11 is 5.01. The maximum Gasteiger partial charge on any atom is 0.264 e. The van der Waals surface area contributed by atoms with E-state index >= 15 is 0 Å². The summed E-state index contributed by atoms with van der Waals surface area (Å²) in [5.74, 6) is -0.305. The first-order valence-corrected chi connectivity index (χ1v) is 6.44. The number of aryl methyl sites for hydroxylation is 1. The average Bonchev–Trinajstić information content (AvgIpc) is 2.50. The van der Waals surface area contributed by atoms with Gasteiger partial charge in [-0.15, -0.1) is 0 Å². The SMILES string of the molecule is Cc1ccc(N(C(=O)c2ccccc2)C(=S)C#N)cc1. The number of nitriles is 1. The van der Waals surface area contributed by atoms with Gasteiger partial charge in [0, 0.05) is 5.56 Å². The van der Waals surface area contributed by atoms with Crippen molar-refractivity contribution >= 4 is 28.8 Å². The molecule has 0 saturated heterocycles. The molecule has 4 heteroatoms. The lowest BCUT2D eigenvalue weighted by molar-refractivity contribution is 0.100. The number of thiocarbonyl (C=S) groups is 1. The van der Waals surface area contributed by atoms with E-state index in [1.54, 1.807) is 36.4 Å². The minimum Gasteiger partial charge on any atom is -0.268 e. The van der Waals surface area contributed by atoms with Crippen LogP contribution in [-0.4, -0.2) is 10.9 Å². The van der Waals surface area contributed by atoms with Crippen molar-refractivity contribution in [2.75, 3.05) is 4.90 Å². The summed E-state index contributed by atoms with van der Waals surface area (Å²) in [7, 11) is 0. The molecule has 0 heterocycles. The van der Waals surface area contributed by atoms with Gasteiger partial charge in [-0.2, -0.15) is 5.26 Å². The van der Waals surface area contributed by atoms with E-state index in [4.69, 9.17) is 17.5 Å². The molecule has 2 aromatic rings. The Morgan fingerprint density at radius 1 is 1.10 bits per heavy atom. The van der Waals surface area contributed by atoms with Crippen LogP contribution in [0.25, 0.3) is 0 Å². The molecule has 0 spiro atoms. The van der Waals surface area contributed by atoms with Gasteiger partial charge in [0.25, 0.3) is 5.91 Å². The zero-order chi connectivity index (χ0) is 14.5. The summed E-state index contributed by atoms with van der Waals surface area (Å²) < 4.78 is 0. The molecule has 0 bridgehead atoms. The van der Waals surface area contributed by atoms with E-state index in [1.165, 1.54) is 4.90 Å². The molecule has 0 saturated carbocycles. The Balaban J connectivity index is 2.44. The normalized spacial score (nSPS) is 9.60. The highest BCUT2D eigenvalue weighted by molar-refractivity contribution is 7.81. The molecule has 0 fully saturated rings. The third-order valence-corrected chi connectivity index (χ3v) is 3.09. The summed E-state index contributed by atoms with van der Waals surface area (Å²) in [4.78, 5) is 13.7. The molecule has 0 atom stereocenters. The summed E-state index contributed by atoms with van der Waals surface area (Å²) in [5, 5.41) is 9.03. The third-order valence-electron chi connectivity index (χ3n) is 2.81. The topological polar surface area (TPSA) is 44.1 Å². The van der Waals surface area contributed by atoms with Crippen molar-refractivity contribution in [3.63, 3.8) is 0 Å². The number of amides is 1. The van der Waals surface area contributed by atoms with Crippen molar-refractivity contribution in [2.45, 2.75) is 6.92 Å². The molecule has 0 aliphatic heterocycles. The van der Waals surface area contributed by atoms with Gasteiger partial charge in [-0.1, -0.05) is 35.9 Å². The van der Waals surface area contributed by atoms with Crippen LogP contribution < -0.4 is 4.90 Å². The second-order valence-electron chi connectivity index (χ2n) is 4.26. The molecule has 3 nitrogen and oxygen atoms in total. The predicted octanol–water partition coefficient (Wildman–Crippen LogP) is 3.49. The average molecular weight is 280 g/mol. The van der Waals surface area contributed by atoms with Gasteiger partial charge in [-0.3, -0.25) is 9.69 Å². The number of carbonyl (C=O) groups excluding carboxylic acids is 1. The molecule has 2 aromatic carbocycles. The number of nitrogens with zero attached hydrogens (tertiary/aromatic N) is 2. The second-order valence-corrected chi connectivity index (χ2v) is 4.65. The first kappa shape index (κ1) is 13.9. The summed E-state index contributed by atoms with van der Waals surface area (Å²) in [6, 6.07) is 17.9. The van der Waals surface area contributed by atoms with E-state index < -0.39 is 0 Å². The van der Waals surface area contributed by atoms with Crippen molar-refractivity contribution in [2.24, 2.45) is 0 Å². The largest absolute Gasteiger partial charge is 0.268 e. The fourth-order valence-electron chi connectivity index (χ4n) is 1.78. The number of benzene rings is 2. The van der Waals surface area contributed by atoms with Crippen molar-refractivity contribution in [3.8, 4) is 6.07 Å². The van der Waals surface area contributed by atoms with Crippen molar-refractivity contribution in [1.82, 2.24) is 0 Å². The van der Waals surface area contributed by atoms with Gasteiger partial charge in [-0.25, -0.2) is 0 Å². The van der Waals surface area contributed by atoms with E-state index in [1.807, 2.05) is 31.2 Å². The van der Waals surface area contributed by atoms with Gasteiger partial charge in [0.05, 0.1) is 5.69 Å². The fourth-order valence-corrected chi connectivity index (χ4v) is 1.97. The molecule has 0 aliphatic carbocycles. The molecule has 2 rings (SSSR count). The van der Waals surface area contributed by atoms with Crippen LogP contribution in [-0.2, 0) is 0 Å². The zero-order valence-corrected chi connectivity index (χ0v) is 11.7. The van der Waals surface area contributed by atoms with Crippen LogP contribution in [0.15, 0.2) is 54.6 Å². The predicted molar refractivity (Wildman–Crippen MR) is 82.6 cm³/mol. The van der Waals surface area contributed by atoms with Crippen molar-refractivity contribution in [3.05, 3.63) is 65.7 Å². The first-order chi connectivity index (χ1) is 9.63. The fraction of sp³-hybridized carbons (Fsp3) is 0.0625.